The van der Waals surface area contributed by atoms with Gasteiger partial charge >= 0.3 is 0 Å². The lowest BCUT2D eigenvalue weighted by atomic mass is 10.1. The van der Waals surface area contributed by atoms with E-state index >= 15 is 0 Å². The van der Waals surface area contributed by atoms with Gasteiger partial charge in [0.25, 0.3) is 0 Å². The Kier molecular flexibility index (Phi) is 4.74. The second kappa shape index (κ2) is 6.53. The second-order valence-corrected chi connectivity index (χ2v) is 4.93. The third-order valence-corrected chi connectivity index (χ3v) is 3.19. The highest BCUT2D eigenvalue weighted by Gasteiger charge is 2.02. The quantitative estimate of drug-likeness (QED) is 0.625. The lowest BCUT2D eigenvalue weighted by Crippen LogP contribution is -1.99. The van der Waals surface area contributed by atoms with Gasteiger partial charge in [0.2, 0.25) is 0 Å². The van der Waals surface area contributed by atoms with E-state index in [1.54, 1.807) is 6.07 Å². The van der Waals surface area contributed by atoms with E-state index in [1.807, 2.05) is 44.2 Å². The summed E-state index contributed by atoms with van der Waals surface area (Å²) in [5.74, 6) is 0. The maximum absolute atomic E-state index is 5.94. The summed E-state index contributed by atoms with van der Waals surface area (Å²) in [5.41, 5.74) is 4.32. The van der Waals surface area contributed by atoms with Crippen molar-refractivity contribution in [1.29, 1.82) is 0 Å². The highest BCUT2D eigenvalue weighted by atomic mass is 35.5. The number of aryl methyl sites for hydroxylation is 1. The summed E-state index contributed by atoms with van der Waals surface area (Å²) in [4.78, 5) is 9.68. The zero-order valence-electron chi connectivity index (χ0n) is 11.6. The largest absolute Gasteiger partial charge is 0.389 e. The van der Waals surface area contributed by atoms with Crippen molar-refractivity contribution >= 4 is 17.3 Å². The van der Waals surface area contributed by atoms with Crippen LogP contribution in [0.3, 0.4) is 0 Å². The van der Waals surface area contributed by atoms with Crippen molar-refractivity contribution in [2.45, 2.75) is 20.5 Å². The molecule has 0 unspecified atom stereocenters. The van der Waals surface area contributed by atoms with E-state index in [4.69, 9.17) is 16.4 Å². The minimum absolute atomic E-state index is 0.351. The van der Waals surface area contributed by atoms with Crippen LogP contribution < -0.4 is 0 Å². The highest BCUT2D eigenvalue weighted by Crippen LogP contribution is 2.16. The van der Waals surface area contributed by atoms with Crippen molar-refractivity contribution in [1.82, 2.24) is 4.98 Å². The Morgan fingerprint density at radius 1 is 1.35 bits per heavy atom. The van der Waals surface area contributed by atoms with Gasteiger partial charge in [0.1, 0.15) is 0 Å². The first-order chi connectivity index (χ1) is 9.56. The Balaban J connectivity index is 2.02. The van der Waals surface area contributed by atoms with Gasteiger partial charge in [-0.1, -0.05) is 28.9 Å². The van der Waals surface area contributed by atoms with Gasteiger partial charge in [0, 0.05) is 10.7 Å². The Morgan fingerprint density at radius 3 is 2.85 bits per heavy atom. The van der Waals surface area contributed by atoms with Gasteiger partial charge in [-0.15, -0.1) is 0 Å². The van der Waals surface area contributed by atoms with Gasteiger partial charge in [-0.3, -0.25) is 4.98 Å². The molecule has 1 aromatic heterocycles. The predicted octanol–water partition coefficient (Wildman–Crippen LogP) is 4.17. The Bertz CT molecular complexity index is 638. The van der Waals surface area contributed by atoms with Gasteiger partial charge in [-0.05, 0) is 56.2 Å². The van der Waals surface area contributed by atoms with Crippen molar-refractivity contribution in [3.05, 3.63) is 70.9 Å². The number of pyridine rings is 1. The molecule has 1 aromatic carbocycles. The molecule has 0 atom stereocenters. The Morgan fingerprint density at radius 2 is 2.15 bits per heavy atom. The van der Waals surface area contributed by atoms with Crippen molar-refractivity contribution in [3.63, 3.8) is 0 Å². The third kappa shape index (κ3) is 3.81. The van der Waals surface area contributed by atoms with Crippen LogP contribution in [0.25, 0.3) is 0 Å². The molecule has 3 nitrogen and oxygen atoms in total. The molecular weight excluding hydrogens is 272 g/mol. The van der Waals surface area contributed by atoms with E-state index in [2.05, 4.69) is 17.1 Å². The molecule has 0 aliphatic carbocycles. The van der Waals surface area contributed by atoms with E-state index in [1.165, 1.54) is 0 Å². The summed E-state index contributed by atoms with van der Waals surface area (Å²) >= 11 is 5.94. The molecule has 103 valence electrons. The molecule has 0 bridgehead atoms. The van der Waals surface area contributed by atoms with Gasteiger partial charge in [0.05, 0.1) is 11.4 Å². The zero-order valence-corrected chi connectivity index (χ0v) is 12.3. The average molecular weight is 288 g/mol. The normalized spacial score (nSPS) is 11.5. The molecule has 20 heavy (non-hydrogen) atoms. The first kappa shape index (κ1) is 14.5. The van der Waals surface area contributed by atoms with Crippen LogP contribution in [-0.2, 0) is 11.4 Å². The Labute approximate surface area is 124 Å². The molecule has 2 aromatic rings. The number of oxime groups is 1. The van der Waals surface area contributed by atoms with Crippen LogP contribution in [-0.4, -0.2) is 10.7 Å². The van der Waals surface area contributed by atoms with Crippen LogP contribution in [0.15, 0.2) is 41.6 Å². The number of hydrogen-bond acceptors (Lipinski definition) is 3. The summed E-state index contributed by atoms with van der Waals surface area (Å²) in [6.45, 7) is 8.04. The predicted molar refractivity (Wildman–Crippen MR) is 81.9 cm³/mol. The smallest absolute Gasteiger partial charge is 0.159 e. The van der Waals surface area contributed by atoms with Crippen molar-refractivity contribution in [2.24, 2.45) is 5.16 Å². The maximum Gasteiger partial charge on any atom is 0.159 e. The number of hydrogen-bond donors (Lipinski definition) is 0. The minimum Gasteiger partial charge on any atom is -0.389 e. The van der Waals surface area contributed by atoms with Gasteiger partial charge < -0.3 is 4.84 Å². The lowest BCUT2D eigenvalue weighted by molar-refractivity contribution is 0.127. The zero-order chi connectivity index (χ0) is 14.5. The molecule has 0 spiro atoms. The first-order valence-electron chi connectivity index (χ1n) is 6.27. The molecule has 0 N–H and O–H groups in total. The van der Waals surface area contributed by atoms with E-state index in [0.29, 0.717) is 11.6 Å². The minimum atomic E-state index is 0.351. The maximum atomic E-state index is 5.94. The fourth-order valence-electron chi connectivity index (χ4n) is 1.73. The van der Waals surface area contributed by atoms with E-state index in [0.717, 1.165) is 28.2 Å². The van der Waals surface area contributed by atoms with Crippen LogP contribution in [0.1, 0.15) is 29.4 Å². The molecule has 2 rings (SSSR count). The molecule has 0 fully saturated rings. The molecule has 1 radical (unpaired) electrons. The summed E-state index contributed by atoms with van der Waals surface area (Å²) in [7, 11) is 0. The number of aromatic nitrogens is 1. The van der Waals surface area contributed by atoms with Crippen LogP contribution in [0.2, 0.25) is 5.02 Å². The summed E-state index contributed by atoms with van der Waals surface area (Å²) < 4.78 is 0. The standard InChI is InChI=1S/C16H16ClN2O/c1-11-9-14(7-8-16(11)17)13(3)19-20-10-15-6-4-5-12(2)18-15/h4-9H,1,10H2,2-3H3/b19-13-. The summed E-state index contributed by atoms with van der Waals surface area (Å²) in [6, 6.07) is 11.4. The third-order valence-electron chi connectivity index (χ3n) is 2.82. The van der Waals surface area contributed by atoms with Gasteiger partial charge in [-0.25, -0.2) is 0 Å². The lowest BCUT2D eigenvalue weighted by Gasteiger charge is -2.05. The molecule has 0 aliphatic rings. The van der Waals surface area contributed by atoms with E-state index < -0.39 is 0 Å². The number of benzene rings is 1. The molecular formula is C16H16ClN2O. The topological polar surface area (TPSA) is 34.5 Å². The molecule has 4 heteroatoms. The molecule has 0 aliphatic heterocycles. The number of halogens is 1. The fourth-order valence-corrected chi connectivity index (χ4v) is 1.85. The molecule has 1 heterocycles. The monoisotopic (exact) mass is 287 g/mol. The summed E-state index contributed by atoms with van der Waals surface area (Å²) in [6.07, 6.45) is 0. The SMILES string of the molecule is [CH2]c1cc(/C(C)=N\OCc2cccc(C)n2)ccc1Cl. The van der Waals surface area contributed by atoms with E-state index in [9.17, 15) is 0 Å². The van der Waals surface area contributed by atoms with Crippen LogP contribution in [0.5, 0.6) is 0 Å². The fraction of sp³-hybridized carbons (Fsp3) is 0.188. The Hall–Kier alpha value is -1.87. The average Bonchev–Trinajstić information content (AvgIpc) is 2.42. The number of rotatable bonds is 4. The second-order valence-electron chi connectivity index (χ2n) is 4.53. The van der Waals surface area contributed by atoms with E-state index in [-0.39, 0.29) is 0 Å². The van der Waals surface area contributed by atoms with Crippen molar-refractivity contribution in [3.8, 4) is 0 Å². The highest BCUT2D eigenvalue weighted by molar-refractivity contribution is 6.31. The van der Waals surface area contributed by atoms with Crippen molar-refractivity contribution < 1.29 is 4.84 Å². The van der Waals surface area contributed by atoms with Gasteiger partial charge in [0.15, 0.2) is 6.61 Å². The van der Waals surface area contributed by atoms with Gasteiger partial charge in [-0.2, -0.15) is 0 Å². The van der Waals surface area contributed by atoms with Crippen LogP contribution in [0.4, 0.5) is 0 Å². The van der Waals surface area contributed by atoms with Crippen LogP contribution >= 0.6 is 11.6 Å². The van der Waals surface area contributed by atoms with Crippen molar-refractivity contribution in [2.75, 3.05) is 0 Å². The van der Waals surface area contributed by atoms with Crippen LogP contribution in [0, 0.1) is 13.8 Å². The molecule has 0 saturated heterocycles. The summed E-state index contributed by atoms with van der Waals surface area (Å²) in [5, 5.41) is 4.74. The molecule has 0 saturated carbocycles. The number of nitrogens with zero attached hydrogens (tertiary/aromatic N) is 2. The molecule has 0 amide bonds. The first-order valence-corrected chi connectivity index (χ1v) is 6.65.